The van der Waals surface area contributed by atoms with Crippen molar-refractivity contribution in [1.29, 1.82) is 0 Å². The van der Waals surface area contributed by atoms with Crippen LogP contribution >= 0.6 is 11.6 Å². The number of amides is 1. The van der Waals surface area contributed by atoms with Crippen LogP contribution in [0, 0.1) is 0 Å². The number of carbonyl (C=O) groups is 1. The fourth-order valence-electron chi connectivity index (χ4n) is 1.41. The largest absolute Gasteiger partial charge is 0.494 e. The molecule has 3 nitrogen and oxygen atoms in total. The maximum absolute atomic E-state index is 11.7. The van der Waals surface area contributed by atoms with E-state index in [-0.39, 0.29) is 5.91 Å². The molecule has 0 radical (unpaired) electrons. The van der Waals surface area contributed by atoms with Gasteiger partial charge in [-0.15, -0.1) is 11.6 Å². The Morgan fingerprint density at radius 1 is 1.28 bits per heavy atom. The van der Waals surface area contributed by atoms with Gasteiger partial charge in [0.15, 0.2) is 0 Å². The molecule has 1 aromatic rings. The Kier molecular flexibility index (Phi) is 7.26. The first-order valence-electron chi connectivity index (χ1n) is 6.35. The minimum Gasteiger partial charge on any atom is -0.494 e. The van der Waals surface area contributed by atoms with E-state index in [1.54, 1.807) is 12.1 Å². The quantitative estimate of drug-likeness (QED) is 0.581. The molecule has 1 N–H and O–H groups in total. The van der Waals surface area contributed by atoms with E-state index >= 15 is 0 Å². The molecular weight excluding hydrogens is 250 g/mol. The predicted octanol–water partition coefficient (Wildman–Crippen LogP) is 3.22. The van der Waals surface area contributed by atoms with Gasteiger partial charge in [0.1, 0.15) is 5.75 Å². The number of unbranched alkanes of at least 4 members (excludes halogenated alkanes) is 1. The smallest absolute Gasteiger partial charge is 0.251 e. The van der Waals surface area contributed by atoms with E-state index in [0.717, 1.165) is 31.6 Å². The highest BCUT2D eigenvalue weighted by molar-refractivity contribution is 6.17. The number of nitrogens with one attached hydrogen (secondary N) is 1. The van der Waals surface area contributed by atoms with Crippen molar-refractivity contribution in [3.8, 4) is 5.75 Å². The van der Waals surface area contributed by atoms with E-state index in [0.29, 0.717) is 18.0 Å². The summed E-state index contributed by atoms with van der Waals surface area (Å²) in [5.74, 6) is 1.30. The molecule has 0 fully saturated rings. The molecular formula is C14H20ClNO2. The minimum atomic E-state index is -0.0692. The highest BCUT2D eigenvalue weighted by atomic mass is 35.5. The molecule has 0 saturated carbocycles. The molecule has 18 heavy (non-hydrogen) atoms. The van der Waals surface area contributed by atoms with Crippen molar-refractivity contribution < 1.29 is 9.53 Å². The van der Waals surface area contributed by atoms with Crippen LogP contribution in [0.1, 0.15) is 36.5 Å². The third-order valence-electron chi connectivity index (χ3n) is 2.48. The lowest BCUT2D eigenvalue weighted by molar-refractivity contribution is 0.0954. The van der Waals surface area contributed by atoms with Crippen LogP contribution in [0.2, 0.25) is 0 Å². The summed E-state index contributed by atoms with van der Waals surface area (Å²) in [6.45, 7) is 3.45. The van der Waals surface area contributed by atoms with Crippen molar-refractivity contribution in [2.45, 2.75) is 26.2 Å². The second-order valence-corrected chi connectivity index (χ2v) is 4.40. The van der Waals surface area contributed by atoms with E-state index in [1.807, 2.05) is 12.1 Å². The third kappa shape index (κ3) is 5.41. The molecule has 4 heteroatoms. The molecule has 0 saturated heterocycles. The molecule has 1 amide bonds. The maximum atomic E-state index is 11.7. The zero-order chi connectivity index (χ0) is 13.2. The van der Waals surface area contributed by atoms with Crippen molar-refractivity contribution >= 4 is 17.5 Å². The average Bonchev–Trinajstić information content (AvgIpc) is 2.40. The maximum Gasteiger partial charge on any atom is 0.251 e. The normalized spacial score (nSPS) is 10.1. The SMILES string of the molecule is CCCCOc1ccc(C(=O)NCCCCl)cc1. The van der Waals surface area contributed by atoms with E-state index in [1.165, 1.54) is 0 Å². The van der Waals surface area contributed by atoms with Gasteiger partial charge < -0.3 is 10.1 Å². The fourth-order valence-corrected chi connectivity index (χ4v) is 1.54. The first-order valence-corrected chi connectivity index (χ1v) is 6.88. The Hall–Kier alpha value is -1.22. The van der Waals surface area contributed by atoms with Gasteiger partial charge in [0.05, 0.1) is 6.61 Å². The van der Waals surface area contributed by atoms with Gasteiger partial charge in [-0.25, -0.2) is 0 Å². The van der Waals surface area contributed by atoms with Crippen molar-refractivity contribution in [2.24, 2.45) is 0 Å². The number of halogens is 1. The molecule has 0 aliphatic heterocycles. The van der Waals surface area contributed by atoms with Crippen LogP contribution in [0.4, 0.5) is 0 Å². The summed E-state index contributed by atoms with van der Waals surface area (Å²) in [6, 6.07) is 7.20. The lowest BCUT2D eigenvalue weighted by Gasteiger charge is -2.07. The van der Waals surface area contributed by atoms with Gasteiger partial charge in [-0.2, -0.15) is 0 Å². The number of hydrogen-bond donors (Lipinski definition) is 1. The first kappa shape index (κ1) is 14.8. The topological polar surface area (TPSA) is 38.3 Å². The molecule has 1 aromatic carbocycles. The van der Waals surface area contributed by atoms with Crippen LogP contribution in [0.15, 0.2) is 24.3 Å². The number of ether oxygens (including phenoxy) is 1. The Morgan fingerprint density at radius 2 is 2.00 bits per heavy atom. The Balaban J connectivity index is 2.41. The van der Waals surface area contributed by atoms with Crippen LogP contribution in [0.3, 0.4) is 0 Å². The van der Waals surface area contributed by atoms with Gasteiger partial charge in [0.2, 0.25) is 0 Å². The number of hydrogen-bond acceptors (Lipinski definition) is 2. The van der Waals surface area contributed by atoms with Gasteiger partial charge in [-0.3, -0.25) is 4.79 Å². The van der Waals surface area contributed by atoms with E-state index in [4.69, 9.17) is 16.3 Å². The summed E-state index contributed by atoms with van der Waals surface area (Å²) in [5.41, 5.74) is 0.646. The van der Waals surface area contributed by atoms with Crippen molar-refractivity contribution in [3.05, 3.63) is 29.8 Å². The zero-order valence-electron chi connectivity index (χ0n) is 10.7. The fraction of sp³-hybridized carbons (Fsp3) is 0.500. The number of benzene rings is 1. The monoisotopic (exact) mass is 269 g/mol. The van der Waals surface area contributed by atoms with Crippen LogP contribution < -0.4 is 10.1 Å². The second-order valence-electron chi connectivity index (χ2n) is 4.02. The van der Waals surface area contributed by atoms with Gasteiger partial charge in [-0.05, 0) is 37.1 Å². The second kappa shape index (κ2) is 8.81. The Morgan fingerprint density at radius 3 is 2.61 bits per heavy atom. The predicted molar refractivity (Wildman–Crippen MR) is 74.5 cm³/mol. The molecule has 0 bridgehead atoms. The van der Waals surface area contributed by atoms with Gasteiger partial charge >= 0.3 is 0 Å². The molecule has 0 spiro atoms. The van der Waals surface area contributed by atoms with Gasteiger partial charge in [0.25, 0.3) is 5.91 Å². The third-order valence-corrected chi connectivity index (χ3v) is 2.75. The number of carbonyl (C=O) groups excluding carboxylic acids is 1. The summed E-state index contributed by atoms with van der Waals surface area (Å²) in [4.78, 5) is 11.7. The molecule has 0 heterocycles. The van der Waals surface area contributed by atoms with E-state index in [2.05, 4.69) is 12.2 Å². The summed E-state index contributed by atoms with van der Waals surface area (Å²) in [6.07, 6.45) is 2.94. The lowest BCUT2D eigenvalue weighted by atomic mass is 10.2. The van der Waals surface area contributed by atoms with Crippen LogP contribution in [-0.4, -0.2) is 24.9 Å². The Bertz CT molecular complexity index is 351. The van der Waals surface area contributed by atoms with E-state index < -0.39 is 0 Å². The summed E-state index contributed by atoms with van der Waals surface area (Å²) >= 11 is 5.54. The van der Waals surface area contributed by atoms with Crippen LogP contribution in [-0.2, 0) is 0 Å². The summed E-state index contributed by atoms with van der Waals surface area (Å²) in [5, 5.41) is 2.81. The summed E-state index contributed by atoms with van der Waals surface area (Å²) < 4.78 is 5.53. The number of rotatable bonds is 8. The van der Waals surface area contributed by atoms with Crippen molar-refractivity contribution in [2.75, 3.05) is 19.0 Å². The van der Waals surface area contributed by atoms with Crippen molar-refractivity contribution in [1.82, 2.24) is 5.32 Å². The Labute approximate surface area is 113 Å². The highest BCUT2D eigenvalue weighted by Crippen LogP contribution is 2.12. The molecule has 0 atom stereocenters. The van der Waals surface area contributed by atoms with Gasteiger partial charge in [-0.1, -0.05) is 13.3 Å². The van der Waals surface area contributed by atoms with Crippen LogP contribution in [0.25, 0.3) is 0 Å². The van der Waals surface area contributed by atoms with Crippen LogP contribution in [0.5, 0.6) is 5.75 Å². The molecule has 1 rings (SSSR count). The molecule has 0 unspecified atom stereocenters. The molecule has 0 aliphatic rings. The molecule has 100 valence electrons. The van der Waals surface area contributed by atoms with Crippen molar-refractivity contribution in [3.63, 3.8) is 0 Å². The number of alkyl halides is 1. The standard InChI is InChI=1S/C14H20ClNO2/c1-2-3-11-18-13-7-5-12(6-8-13)14(17)16-10-4-9-15/h5-8H,2-4,9-11H2,1H3,(H,16,17). The lowest BCUT2D eigenvalue weighted by Crippen LogP contribution is -2.24. The molecule has 0 aliphatic carbocycles. The van der Waals surface area contributed by atoms with E-state index in [9.17, 15) is 4.79 Å². The average molecular weight is 270 g/mol. The zero-order valence-corrected chi connectivity index (χ0v) is 11.5. The first-order chi connectivity index (χ1) is 8.77. The molecule has 0 aromatic heterocycles. The van der Waals surface area contributed by atoms with Gasteiger partial charge in [0, 0.05) is 18.0 Å². The minimum absolute atomic E-state index is 0.0692. The summed E-state index contributed by atoms with van der Waals surface area (Å²) in [7, 11) is 0. The highest BCUT2D eigenvalue weighted by Gasteiger charge is 2.04.